The number of phenolic OH excluding ortho intramolecular Hbond substituents is 1. The summed E-state index contributed by atoms with van der Waals surface area (Å²) in [6.07, 6.45) is 3.24. The van der Waals surface area contributed by atoms with Crippen LogP contribution in [0, 0.1) is 13.8 Å². The smallest absolute Gasteiger partial charge is 0.331 e. The first-order chi connectivity index (χ1) is 13.3. The van der Waals surface area contributed by atoms with Crippen molar-refractivity contribution in [2.45, 2.75) is 27.4 Å². The number of carboxylic acid groups (broad SMARTS) is 1. The summed E-state index contributed by atoms with van der Waals surface area (Å²) in [5, 5.41) is 19.4. The molecule has 2 aromatic carbocycles. The van der Waals surface area contributed by atoms with E-state index in [2.05, 4.69) is 0 Å². The van der Waals surface area contributed by atoms with E-state index in [1.165, 1.54) is 0 Å². The van der Waals surface area contributed by atoms with Crippen LogP contribution in [0.4, 0.5) is 0 Å². The van der Waals surface area contributed by atoms with Crippen LogP contribution in [0.3, 0.4) is 0 Å². The topological polar surface area (TPSA) is 79.9 Å². The van der Waals surface area contributed by atoms with Crippen molar-refractivity contribution in [3.8, 4) is 22.6 Å². The Hall–Kier alpha value is -3.47. The average Bonchev–Trinajstić information content (AvgIpc) is 3.16. The summed E-state index contributed by atoms with van der Waals surface area (Å²) in [6.45, 7) is 5.71. The van der Waals surface area contributed by atoms with E-state index >= 15 is 0 Å². The summed E-state index contributed by atoms with van der Waals surface area (Å²) in [6, 6.07) is 12.8. The second kappa shape index (κ2) is 8.05. The molecule has 3 aromatic rings. The molecule has 0 aliphatic carbocycles. The number of rotatable bonds is 6. The van der Waals surface area contributed by atoms with E-state index in [0.29, 0.717) is 11.5 Å². The van der Waals surface area contributed by atoms with Gasteiger partial charge in [0.05, 0.1) is 6.26 Å². The van der Waals surface area contributed by atoms with Gasteiger partial charge in [0.15, 0.2) is 11.5 Å². The lowest BCUT2D eigenvalue weighted by molar-refractivity contribution is -0.132. The maximum atomic E-state index is 11.1. The summed E-state index contributed by atoms with van der Waals surface area (Å²) in [7, 11) is 0. The minimum atomic E-state index is -0.934. The zero-order valence-corrected chi connectivity index (χ0v) is 16.0. The van der Waals surface area contributed by atoms with Gasteiger partial charge in [-0.3, -0.25) is 0 Å². The molecule has 1 heterocycles. The van der Waals surface area contributed by atoms with Gasteiger partial charge in [-0.2, -0.15) is 0 Å². The molecule has 0 bridgehead atoms. The second-order valence-corrected chi connectivity index (χ2v) is 6.71. The highest BCUT2D eigenvalue weighted by Gasteiger charge is 2.11. The number of aryl methyl sites for hydroxylation is 2. The molecule has 0 saturated heterocycles. The highest BCUT2D eigenvalue weighted by atomic mass is 16.5. The summed E-state index contributed by atoms with van der Waals surface area (Å²) in [4.78, 5) is 11.1. The van der Waals surface area contributed by atoms with Crippen LogP contribution >= 0.6 is 0 Å². The van der Waals surface area contributed by atoms with E-state index in [1.807, 2.05) is 32.0 Å². The highest BCUT2D eigenvalue weighted by Crippen LogP contribution is 2.34. The molecule has 3 rings (SSSR count). The molecule has 0 spiro atoms. The number of carboxylic acids is 1. The molecule has 0 saturated carbocycles. The van der Waals surface area contributed by atoms with Gasteiger partial charge < -0.3 is 19.4 Å². The first kappa shape index (κ1) is 19.3. The van der Waals surface area contributed by atoms with Crippen LogP contribution in [0.1, 0.15) is 29.4 Å². The van der Waals surface area contributed by atoms with Gasteiger partial charge in [-0.1, -0.05) is 18.2 Å². The SMILES string of the molecule is C/C(=C\c1cc(C)c(-c2ccc(OCc3ccco3)c(O)c2)cc1C)C(=O)O. The predicted molar refractivity (Wildman–Crippen MR) is 107 cm³/mol. The fourth-order valence-corrected chi connectivity index (χ4v) is 2.95. The van der Waals surface area contributed by atoms with Gasteiger partial charge in [0.2, 0.25) is 0 Å². The number of benzene rings is 2. The third-order valence-electron chi connectivity index (χ3n) is 4.54. The molecular formula is C23H22O5. The van der Waals surface area contributed by atoms with E-state index in [4.69, 9.17) is 14.3 Å². The van der Waals surface area contributed by atoms with Crippen molar-refractivity contribution < 1.29 is 24.2 Å². The number of carbonyl (C=O) groups is 1. The van der Waals surface area contributed by atoms with Gasteiger partial charge in [-0.25, -0.2) is 4.79 Å². The third kappa shape index (κ3) is 4.26. The molecule has 28 heavy (non-hydrogen) atoms. The minimum Gasteiger partial charge on any atom is -0.504 e. The Balaban J connectivity index is 1.87. The lowest BCUT2D eigenvalue weighted by atomic mass is 9.94. The van der Waals surface area contributed by atoms with Crippen molar-refractivity contribution in [3.63, 3.8) is 0 Å². The van der Waals surface area contributed by atoms with Crippen LogP contribution in [0.25, 0.3) is 17.2 Å². The molecule has 5 heteroatoms. The fourth-order valence-electron chi connectivity index (χ4n) is 2.95. The zero-order chi connectivity index (χ0) is 20.3. The van der Waals surface area contributed by atoms with Crippen LogP contribution in [0.2, 0.25) is 0 Å². The molecule has 5 nitrogen and oxygen atoms in total. The van der Waals surface area contributed by atoms with E-state index < -0.39 is 5.97 Å². The monoisotopic (exact) mass is 378 g/mol. The van der Waals surface area contributed by atoms with Crippen LogP contribution in [0.15, 0.2) is 58.7 Å². The number of aliphatic carboxylic acids is 1. The highest BCUT2D eigenvalue weighted by molar-refractivity contribution is 5.92. The Morgan fingerprint density at radius 1 is 1.14 bits per heavy atom. The number of phenols is 1. The summed E-state index contributed by atoms with van der Waals surface area (Å²) in [5.74, 6) is 0.171. The summed E-state index contributed by atoms with van der Waals surface area (Å²) >= 11 is 0. The van der Waals surface area contributed by atoms with E-state index in [0.717, 1.165) is 27.8 Å². The van der Waals surface area contributed by atoms with E-state index in [-0.39, 0.29) is 17.9 Å². The maximum Gasteiger partial charge on any atom is 0.331 e. The first-order valence-corrected chi connectivity index (χ1v) is 8.86. The predicted octanol–water partition coefficient (Wildman–Crippen LogP) is 5.34. The number of hydrogen-bond donors (Lipinski definition) is 2. The van der Waals surface area contributed by atoms with E-state index in [9.17, 15) is 9.90 Å². The van der Waals surface area contributed by atoms with Gasteiger partial charge in [0.1, 0.15) is 12.4 Å². The summed E-state index contributed by atoms with van der Waals surface area (Å²) in [5.41, 5.74) is 4.91. The van der Waals surface area contributed by atoms with Crippen molar-refractivity contribution in [2.75, 3.05) is 0 Å². The molecule has 0 fully saturated rings. The Bertz CT molecular complexity index is 1030. The Labute approximate surface area is 163 Å². The van der Waals surface area contributed by atoms with Crippen LogP contribution in [-0.4, -0.2) is 16.2 Å². The van der Waals surface area contributed by atoms with Gasteiger partial charge in [0.25, 0.3) is 0 Å². The largest absolute Gasteiger partial charge is 0.504 e. The number of furan rings is 1. The van der Waals surface area contributed by atoms with E-state index in [1.54, 1.807) is 43.5 Å². The van der Waals surface area contributed by atoms with Crippen LogP contribution < -0.4 is 4.74 Å². The molecule has 0 atom stereocenters. The standard InChI is InChI=1S/C23H22O5/c1-14-11-20(15(2)9-18(14)10-16(3)23(25)26)17-6-7-22(21(24)12-17)28-13-19-5-4-8-27-19/h4-12,24H,13H2,1-3H3,(H,25,26)/b16-10+. The molecular weight excluding hydrogens is 356 g/mol. The van der Waals surface area contributed by atoms with Crippen molar-refractivity contribution in [3.05, 3.63) is 76.8 Å². The second-order valence-electron chi connectivity index (χ2n) is 6.71. The Morgan fingerprint density at radius 2 is 1.93 bits per heavy atom. The molecule has 1 aromatic heterocycles. The average molecular weight is 378 g/mol. The van der Waals surface area contributed by atoms with Crippen molar-refractivity contribution in [2.24, 2.45) is 0 Å². The maximum absolute atomic E-state index is 11.1. The molecule has 0 amide bonds. The number of aromatic hydroxyl groups is 1. The van der Waals surface area contributed by atoms with Crippen molar-refractivity contribution in [1.82, 2.24) is 0 Å². The minimum absolute atomic E-state index is 0.0480. The number of hydrogen-bond acceptors (Lipinski definition) is 4. The van der Waals surface area contributed by atoms with Crippen molar-refractivity contribution >= 4 is 12.0 Å². The molecule has 0 aliphatic heterocycles. The number of ether oxygens (including phenoxy) is 1. The molecule has 2 N–H and O–H groups in total. The van der Waals surface area contributed by atoms with Gasteiger partial charge in [-0.15, -0.1) is 0 Å². The summed E-state index contributed by atoms with van der Waals surface area (Å²) < 4.78 is 10.8. The van der Waals surface area contributed by atoms with Gasteiger partial charge in [0, 0.05) is 5.57 Å². The third-order valence-corrected chi connectivity index (χ3v) is 4.54. The Kier molecular flexibility index (Phi) is 5.54. The Morgan fingerprint density at radius 3 is 2.57 bits per heavy atom. The fraction of sp³-hybridized carbons (Fsp3) is 0.174. The lowest BCUT2D eigenvalue weighted by Gasteiger charge is -2.13. The molecule has 144 valence electrons. The lowest BCUT2D eigenvalue weighted by Crippen LogP contribution is -1.97. The first-order valence-electron chi connectivity index (χ1n) is 8.86. The van der Waals surface area contributed by atoms with Gasteiger partial charge >= 0.3 is 5.97 Å². The van der Waals surface area contributed by atoms with Crippen molar-refractivity contribution in [1.29, 1.82) is 0 Å². The van der Waals surface area contributed by atoms with Crippen LogP contribution in [-0.2, 0) is 11.4 Å². The molecule has 0 unspecified atom stereocenters. The van der Waals surface area contributed by atoms with Crippen LogP contribution in [0.5, 0.6) is 11.5 Å². The quantitative estimate of drug-likeness (QED) is 0.566. The molecule has 0 aliphatic rings. The van der Waals surface area contributed by atoms with Gasteiger partial charge in [-0.05, 0) is 78.9 Å². The molecule has 0 radical (unpaired) electrons. The normalized spacial score (nSPS) is 11.5. The zero-order valence-electron chi connectivity index (χ0n) is 16.0.